The van der Waals surface area contributed by atoms with Gasteiger partial charge in [-0.2, -0.15) is 0 Å². The molecule has 2 nitrogen and oxygen atoms in total. The number of aromatic nitrogens is 2. The summed E-state index contributed by atoms with van der Waals surface area (Å²) in [5.41, 5.74) is 1.50. The number of rotatable bonds is 3. The van der Waals surface area contributed by atoms with Crippen LogP contribution < -0.4 is 0 Å². The maximum absolute atomic E-state index is 13.7. The summed E-state index contributed by atoms with van der Waals surface area (Å²) in [6.07, 6.45) is 3.74. The van der Waals surface area contributed by atoms with Crippen LogP contribution in [0.4, 0.5) is 4.39 Å². The standard InChI is InChI=1S/C14H15Cl2FN2/c1-8(15)14-18-12-5-10(16)11(17)6-13(12)19(14)7-9-3-2-4-9/h5-6,8-9H,2-4,7H2,1H3. The van der Waals surface area contributed by atoms with Crippen LogP contribution in [0.1, 0.15) is 37.4 Å². The number of benzene rings is 1. The summed E-state index contributed by atoms with van der Waals surface area (Å²) in [5.74, 6) is 1.05. The van der Waals surface area contributed by atoms with E-state index in [9.17, 15) is 4.39 Å². The third kappa shape index (κ3) is 2.34. The van der Waals surface area contributed by atoms with Crippen LogP contribution in [-0.4, -0.2) is 9.55 Å². The van der Waals surface area contributed by atoms with E-state index in [1.807, 2.05) is 6.92 Å². The second kappa shape index (κ2) is 4.95. The molecule has 1 aromatic carbocycles. The van der Waals surface area contributed by atoms with Gasteiger partial charge in [0, 0.05) is 12.6 Å². The Balaban J connectivity index is 2.13. The predicted molar refractivity (Wildman–Crippen MR) is 76.3 cm³/mol. The smallest absolute Gasteiger partial charge is 0.144 e. The largest absolute Gasteiger partial charge is 0.326 e. The maximum atomic E-state index is 13.7. The van der Waals surface area contributed by atoms with Crippen LogP contribution >= 0.6 is 23.2 Å². The van der Waals surface area contributed by atoms with Crippen molar-refractivity contribution in [3.05, 3.63) is 28.8 Å². The lowest BCUT2D eigenvalue weighted by atomic mass is 9.85. The fraction of sp³-hybridized carbons (Fsp3) is 0.500. The first-order chi connectivity index (χ1) is 9.06. The van der Waals surface area contributed by atoms with E-state index in [1.165, 1.54) is 25.3 Å². The molecular formula is C14H15Cl2FN2. The fourth-order valence-corrected chi connectivity index (χ4v) is 2.89. The van der Waals surface area contributed by atoms with Crippen LogP contribution in [0.15, 0.2) is 12.1 Å². The number of hydrogen-bond donors (Lipinski definition) is 0. The lowest BCUT2D eigenvalue weighted by Gasteiger charge is -2.27. The van der Waals surface area contributed by atoms with Crippen molar-refractivity contribution in [3.63, 3.8) is 0 Å². The molecule has 0 N–H and O–H groups in total. The minimum Gasteiger partial charge on any atom is -0.326 e. The highest BCUT2D eigenvalue weighted by Gasteiger charge is 2.23. The molecule has 1 aromatic heterocycles. The van der Waals surface area contributed by atoms with Crippen molar-refractivity contribution in [3.8, 4) is 0 Å². The Hall–Kier alpha value is -0.800. The van der Waals surface area contributed by atoms with Gasteiger partial charge in [0.25, 0.3) is 0 Å². The van der Waals surface area contributed by atoms with Crippen LogP contribution in [0.3, 0.4) is 0 Å². The van der Waals surface area contributed by atoms with Gasteiger partial charge in [0.1, 0.15) is 11.6 Å². The number of hydrogen-bond acceptors (Lipinski definition) is 1. The van der Waals surface area contributed by atoms with E-state index in [0.717, 1.165) is 17.9 Å². The molecule has 0 aliphatic heterocycles. The van der Waals surface area contributed by atoms with Crippen molar-refractivity contribution in [2.75, 3.05) is 0 Å². The Morgan fingerprint density at radius 3 is 2.79 bits per heavy atom. The highest BCUT2D eigenvalue weighted by Crippen LogP contribution is 2.33. The lowest BCUT2D eigenvalue weighted by molar-refractivity contribution is 0.276. The molecule has 0 spiro atoms. The first-order valence-electron chi connectivity index (χ1n) is 6.55. The van der Waals surface area contributed by atoms with Crippen LogP contribution in [0.2, 0.25) is 5.02 Å². The molecule has 0 amide bonds. The van der Waals surface area contributed by atoms with Crippen LogP contribution in [0.5, 0.6) is 0 Å². The number of alkyl halides is 1. The van der Waals surface area contributed by atoms with Gasteiger partial charge in [-0.1, -0.05) is 18.0 Å². The first-order valence-corrected chi connectivity index (χ1v) is 7.37. The summed E-state index contributed by atoms with van der Waals surface area (Å²) in [4.78, 5) is 4.51. The quantitative estimate of drug-likeness (QED) is 0.735. The molecule has 5 heteroatoms. The van der Waals surface area contributed by atoms with Crippen molar-refractivity contribution in [1.82, 2.24) is 9.55 Å². The van der Waals surface area contributed by atoms with Gasteiger partial charge < -0.3 is 4.57 Å². The van der Waals surface area contributed by atoms with Gasteiger partial charge in [0.05, 0.1) is 21.4 Å². The molecule has 1 aliphatic rings. The predicted octanol–water partition coefficient (Wildman–Crippen LogP) is 4.93. The fourth-order valence-electron chi connectivity index (χ4n) is 2.57. The highest BCUT2D eigenvalue weighted by molar-refractivity contribution is 6.31. The molecule has 19 heavy (non-hydrogen) atoms. The third-order valence-corrected chi connectivity index (χ3v) is 4.33. The molecular weight excluding hydrogens is 286 g/mol. The van der Waals surface area contributed by atoms with Gasteiger partial charge in [-0.05, 0) is 31.7 Å². The van der Waals surface area contributed by atoms with Crippen molar-refractivity contribution in [2.24, 2.45) is 5.92 Å². The Kier molecular flexibility index (Phi) is 3.44. The minimum absolute atomic E-state index is 0.106. The Morgan fingerprint density at radius 2 is 2.21 bits per heavy atom. The van der Waals surface area contributed by atoms with E-state index in [-0.39, 0.29) is 10.4 Å². The van der Waals surface area contributed by atoms with Gasteiger partial charge in [0.15, 0.2) is 0 Å². The van der Waals surface area contributed by atoms with Crippen molar-refractivity contribution in [2.45, 2.75) is 38.1 Å². The van der Waals surface area contributed by atoms with Gasteiger partial charge in [-0.25, -0.2) is 9.37 Å². The summed E-state index contributed by atoms with van der Waals surface area (Å²) < 4.78 is 15.7. The summed E-state index contributed by atoms with van der Waals surface area (Å²) in [6.45, 7) is 2.75. The molecule has 1 atom stereocenters. The molecule has 2 aromatic rings. The average Bonchev–Trinajstić information content (AvgIpc) is 2.63. The molecule has 1 unspecified atom stereocenters. The van der Waals surface area contributed by atoms with E-state index in [4.69, 9.17) is 23.2 Å². The monoisotopic (exact) mass is 300 g/mol. The molecule has 102 valence electrons. The van der Waals surface area contributed by atoms with Crippen LogP contribution in [0.25, 0.3) is 11.0 Å². The SMILES string of the molecule is CC(Cl)c1nc2cc(Cl)c(F)cc2n1CC1CCC1. The summed E-state index contributed by atoms with van der Waals surface area (Å²) >= 11 is 12.0. The van der Waals surface area contributed by atoms with E-state index >= 15 is 0 Å². The van der Waals surface area contributed by atoms with Gasteiger partial charge in [0.2, 0.25) is 0 Å². The summed E-state index contributed by atoms with van der Waals surface area (Å²) in [6, 6.07) is 3.04. The minimum atomic E-state index is -0.405. The number of fused-ring (bicyclic) bond motifs is 1. The van der Waals surface area contributed by atoms with E-state index in [0.29, 0.717) is 11.4 Å². The van der Waals surface area contributed by atoms with Crippen LogP contribution in [-0.2, 0) is 6.54 Å². The second-order valence-corrected chi connectivity index (χ2v) is 6.31. The zero-order chi connectivity index (χ0) is 13.6. The van der Waals surface area contributed by atoms with Crippen molar-refractivity contribution in [1.29, 1.82) is 0 Å². The lowest BCUT2D eigenvalue weighted by Crippen LogP contribution is -2.19. The average molecular weight is 301 g/mol. The molecule has 0 saturated heterocycles. The topological polar surface area (TPSA) is 17.8 Å². The zero-order valence-corrected chi connectivity index (χ0v) is 12.2. The second-order valence-electron chi connectivity index (χ2n) is 5.25. The van der Waals surface area contributed by atoms with Gasteiger partial charge in [-0.3, -0.25) is 0 Å². The molecule has 0 radical (unpaired) electrons. The molecule has 3 rings (SSSR count). The highest BCUT2D eigenvalue weighted by atomic mass is 35.5. The number of halogens is 3. The van der Waals surface area contributed by atoms with Crippen LogP contribution in [0, 0.1) is 11.7 Å². The number of nitrogens with zero attached hydrogens (tertiary/aromatic N) is 2. The van der Waals surface area contributed by atoms with Crippen molar-refractivity contribution < 1.29 is 4.39 Å². The Bertz CT molecular complexity index is 617. The molecule has 1 heterocycles. The summed E-state index contributed by atoms with van der Waals surface area (Å²) in [7, 11) is 0. The van der Waals surface area contributed by atoms with Gasteiger partial charge >= 0.3 is 0 Å². The maximum Gasteiger partial charge on any atom is 0.144 e. The molecule has 1 aliphatic carbocycles. The molecule has 0 bridgehead atoms. The Morgan fingerprint density at radius 1 is 1.47 bits per heavy atom. The number of imidazole rings is 1. The zero-order valence-electron chi connectivity index (χ0n) is 10.7. The first kappa shape index (κ1) is 13.2. The van der Waals surface area contributed by atoms with E-state index in [1.54, 1.807) is 6.07 Å². The molecule has 1 fully saturated rings. The molecule has 1 saturated carbocycles. The van der Waals surface area contributed by atoms with Crippen molar-refractivity contribution >= 4 is 34.2 Å². The normalized spacial score (nSPS) is 17.7. The Labute approximate surface area is 121 Å². The summed E-state index contributed by atoms with van der Waals surface area (Å²) in [5, 5.41) is -0.0936. The van der Waals surface area contributed by atoms with E-state index < -0.39 is 5.82 Å². The van der Waals surface area contributed by atoms with Gasteiger partial charge in [-0.15, -0.1) is 11.6 Å². The third-order valence-electron chi connectivity index (χ3n) is 3.84. The van der Waals surface area contributed by atoms with E-state index in [2.05, 4.69) is 9.55 Å².